The summed E-state index contributed by atoms with van der Waals surface area (Å²) < 4.78 is 13.5. The molecule has 0 radical (unpaired) electrons. The van der Waals surface area contributed by atoms with E-state index in [4.69, 9.17) is 32.5 Å². The highest BCUT2D eigenvalue weighted by Gasteiger charge is 2.30. The van der Waals surface area contributed by atoms with Crippen LogP contribution < -0.4 is 4.52 Å². The van der Waals surface area contributed by atoms with Crippen molar-refractivity contribution in [2.45, 2.75) is 51.4 Å². The van der Waals surface area contributed by atoms with Gasteiger partial charge in [-0.05, 0) is 31.4 Å². The van der Waals surface area contributed by atoms with Gasteiger partial charge in [0.05, 0.1) is 6.10 Å². The van der Waals surface area contributed by atoms with Crippen LogP contribution in [-0.2, 0) is 23.4 Å². The summed E-state index contributed by atoms with van der Waals surface area (Å²) in [6.07, 6.45) is 0.00945. The molecule has 0 spiro atoms. The Hall–Kier alpha value is 0.260. The fraction of sp³-hybridized carbons (Fsp3) is 0.750. The summed E-state index contributed by atoms with van der Waals surface area (Å²) in [5.74, 6) is 1.29. The molecular weight excluding hydrogens is 335 g/mol. The zero-order valence-electron chi connectivity index (χ0n) is 12.7. The number of nitrogens with zero attached hydrogens (tertiary/aromatic N) is 2. The highest BCUT2D eigenvalue weighted by molar-refractivity contribution is 8.10. The van der Waals surface area contributed by atoms with Gasteiger partial charge in [0.25, 0.3) is 5.88 Å². The molecular formula is C12H22ClN2O2PS2. The molecule has 0 aliphatic carbocycles. The number of aryl methyl sites for hydroxylation is 1. The van der Waals surface area contributed by atoms with Gasteiger partial charge in [-0.15, -0.1) is 16.9 Å². The predicted octanol–water partition coefficient (Wildman–Crippen LogP) is 4.71. The topological polar surface area (TPSA) is 36.3 Å². The molecule has 1 aromatic heterocycles. The van der Waals surface area contributed by atoms with Gasteiger partial charge in [-0.2, -0.15) is 0 Å². The van der Waals surface area contributed by atoms with Crippen LogP contribution in [0.15, 0.2) is 5.03 Å². The number of aromatic nitrogens is 2. The van der Waals surface area contributed by atoms with E-state index in [1.165, 1.54) is 0 Å². The molecule has 1 aromatic rings. The molecule has 0 aliphatic rings. The van der Waals surface area contributed by atoms with E-state index < -0.39 is 6.49 Å². The van der Waals surface area contributed by atoms with Crippen molar-refractivity contribution in [3.05, 3.63) is 5.02 Å². The quantitative estimate of drug-likeness (QED) is 0.522. The molecule has 1 unspecified atom stereocenters. The summed E-state index contributed by atoms with van der Waals surface area (Å²) >= 11 is 13.6. The molecule has 0 N–H and O–H groups in total. The van der Waals surface area contributed by atoms with E-state index in [9.17, 15) is 0 Å². The average molecular weight is 357 g/mol. The van der Waals surface area contributed by atoms with Crippen LogP contribution in [0.2, 0.25) is 5.02 Å². The third-order valence-corrected chi connectivity index (χ3v) is 8.03. The van der Waals surface area contributed by atoms with Crippen LogP contribution in [0.25, 0.3) is 0 Å². The Balaban J connectivity index is 3.07. The lowest BCUT2D eigenvalue weighted by molar-refractivity contribution is 0.237. The van der Waals surface area contributed by atoms with Crippen molar-refractivity contribution < 1.29 is 9.05 Å². The standard InChI is InChI=1S/C12H22ClN2O2PS2/c1-7-20-12-10(13)11(14-15(12)6)17-18(19,9(4)5)16-8(2)3/h8-9H,7H2,1-6H3. The number of hydrogen-bond donors (Lipinski definition) is 0. The fourth-order valence-electron chi connectivity index (χ4n) is 1.47. The van der Waals surface area contributed by atoms with Gasteiger partial charge in [-0.3, -0.25) is 4.68 Å². The van der Waals surface area contributed by atoms with E-state index in [1.54, 1.807) is 16.4 Å². The third kappa shape index (κ3) is 4.38. The maximum Gasteiger partial charge on any atom is 0.258 e. The summed E-state index contributed by atoms with van der Waals surface area (Å²) in [6.45, 7) is 7.51. The van der Waals surface area contributed by atoms with Gasteiger partial charge < -0.3 is 9.05 Å². The Labute approximate surface area is 135 Å². The SMILES string of the molecule is CCSc1c(Cl)c(OP(=S)(OC(C)C)C(C)C)nn1C. The second-order valence-corrected chi connectivity index (χ2v) is 10.5. The number of hydrogen-bond acceptors (Lipinski definition) is 5. The lowest BCUT2D eigenvalue weighted by Crippen LogP contribution is -2.12. The van der Waals surface area contributed by atoms with Crippen molar-refractivity contribution in [1.82, 2.24) is 9.78 Å². The zero-order valence-corrected chi connectivity index (χ0v) is 16.0. The van der Waals surface area contributed by atoms with Crippen molar-refractivity contribution in [2.24, 2.45) is 7.05 Å². The predicted molar refractivity (Wildman–Crippen MR) is 90.9 cm³/mol. The molecule has 8 heteroatoms. The minimum Gasteiger partial charge on any atom is -0.422 e. The van der Waals surface area contributed by atoms with Crippen LogP contribution in [0.4, 0.5) is 0 Å². The van der Waals surface area contributed by atoms with Gasteiger partial charge in [0.15, 0.2) is 0 Å². The number of thioether (sulfide) groups is 1. The van der Waals surface area contributed by atoms with Gasteiger partial charge >= 0.3 is 0 Å². The van der Waals surface area contributed by atoms with Crippen LogP contribution in [0.1, 0.15) is 34.6 Å². The molecule has 0 amide bonds. The van der Waals surface area contributed by atoms with Crippen LogP contribution >= 0.6 is 29.9 Å². The second kappa shape index (κ2) is 7.50. The molecule has 0 saturated heterocycles. The molecule has 0 aliphatic heterocycles. The first kappa shape index (κ1) is 18.3. The van der Waals surface area contributed by atoms with E-state index in [-0.39, 0.29) is 11.8 Å². The highest BCUT2D eigenvalue weighted by atomic mass is 35.5. The van der Waals surface area contributed by atoms with Crippen LogP contribution in [-0.4, -0.2) is 27.3 Å². The maximum atomic E-state index is 6.34. The van der Waals surface area contributed by atoms with Crippen molar-refractivity contribution in [1.29, 1.82) is 0 Å². The number of halogens is 1. The van der Waals surface area contributed by atoms with Crippen LogP contribution in [0, 0.1) is 0 Å². The summed E-state index contributed by atoms with van der Waals surface area (Å²) in [7, 11) is 1.85. The zero-order chi connectivity index (χ0) is 15.5. The number of rotatable bonds is 7. The van der Waals surface area contributed by atoms with E-state index >= 15 is 0 Å². The molecule has 0 aromatic carbocycles. The summed E-state index contributed by atoms with van der Waals surface area (Å²) in [6, 6.07) is 0. The molecule has 20 heavy (non-hydrogen) atoms. The molecule has 1 heterocycles. The largest absolute Gasteiger partial charge is 0.422 e. The lowest BCUT2D eigenvalue weighted by Gasteiger charge is -2.27. The third-order valence-electron chi connectivity index (χ3n) is 2.40. The molecule has 116 valence electrons. The molecule has 1 rings (SSSR count). The van der Waals surface area contributed by atoms with Crippen LogP contribution in [0.3, 0.4) is 0 Å². The molecule has 0 saturated carbocycles. The fourth-order valence-corrected chi connectivity index (χ4v) is 4.79. The Morgan fingerprint density at radius 2 is 2.00 bits per heavy atom. The molecule has 1 atom stereocenters. The molecule has 4 nitrogen and oxygen atoms in total. The van der Waals surface area contributed by atoms with Crippen molar-refractivity contribution in [2.75, 3.05) is 5.75 Å². The average Bonchev–Trinajstić information content (AvgIpc) is 2.56. The van der Waals surface area contributed by atoms with E-state index in [0.717, 1.165) is 10.8 Å². The Kier molecular flexibility index (Phi) is 6.87. The highest BCUT2D eigenvalue weighted by Crippen LogP contribution is 2.55. The molecule has 0 bridgehead atoms. The summed E-state index contributed by atoms with van der Waals surface area (Å²) in [5.41, 5.74) is 0.0975. The Morgan fingerprint density at radius 3 is 2.45 bits per heavy atom. The molecule has 0 fully saturated rings. The summed E-state index contributed by atoms with van der Waals surface area (Å²) in [5, 5.41) is 5.73. The minimum atomic E-state index is -2.46. The van der Waals surface area contributed by atoms with Crippen molar-refractivity contribution in [3.63, 3.8) is 0 Å². The van der Waals surface area contributed by atoms with Gasteiger partial charge in [0, 0.05) is 12.7 Å². The Morgan fingerprint density at radius 1 is 1.40 bits per heavy atom. The normalized spacial score (nSPS) is 14.8. The van der Waals surface area contributed by atoms with Crippen molar-refractivity contribution >= 4 is 41.7 Å². The first-order chi connectivity index (χ1) is 9.21. The van der Waals surface area contributed by atoms with Crippen LogP contribution in [0.5, 0.6) is 5.88 Å². The van der Waals surface area contributed by atoms with Gasteiger partial charge in [-0.1, -0.05) is 32.4 Å². The smallest absolute Gasteiger partial charge is 0.258 e. The minimum absolute atomic E-state index is 0.00945. The lowest BCUT2D eigenvalue weighted by atomic mass is 10.5. The van der Waals surface area contributed by atoms with Gasteiger partial charge in [0.1, 0.15) is 10.0 Å². The van der Waals surface area contributed by atoms with E-state index in [1.807, 2.05) is 34.7 Å². The maximum absolute atomic E-state index is 6.34. The van der Waals surface area contributed by atoms with Gasteiger partial charge in [-0.25, -0.2) is 0 Å². The van der Waals surface area contributed by atoms with E-state index in [2.05, 4.69) is 12.0 Å². The Bertz CT molecular complexity index is 506. The first-order valence-electron chi connectivity index (χ1n) is 6.54. The van der Waals surface area contributed by atoms with Gasteiger partial charge in [0.2, 0.25) is 6.49 Å². The van der Waals surface area contributed by atoms with E-state index in [0.29, 0.717) is 10.9 Å². The second-order valence-electron chi connectivity index (χ2n) is 4.86. The van der Waals surface area contributed by atoms with Crippen molar-refractivity contribution in [3.8, 4) is 5.88 Å². The first-order valence-corrected chi connectivity index (χ1v) is 10.6. The monoisotopic (exact) mass is 356 g/mol. The summed E-state index contributed by atoms with van der Waals surface area (Å²) in [4.78, 5) is 0.